The van der Waals surface area contributed by atoms with Gasteiger partial charge in [-0.15, -0.1) is 0 Å². The van der Waals surface area contributed by atoms with Crippen molar-refractivity contribution >= 4 is 25.8 Å². The molecule has 0 N–H and O–H groups in total. The van der Waals surface area contributed by atoms with E-state index in [0.29, 0.717) is 51.7 Å². The summed E-state index contributed by atoms with van der Waals surface area (Å²) in [6.07, 6.45) is 0. The average molecular weight is 1070 g/mol. The van der Waals surface area contributed by atoms with Crippen molar-refractivity contribution in [2.45, 2.75) is 0 Å². The van der Waals surface area contributed by atoms with Crippen LogP contribution in [0.3, 0.4) is 0 Å². The van der Waals surface area contributed by atoms with Crippen LogP contribution < -0.4 is 40.7 Å². The molecule has 16 heteroatoms. The van der Waals surface area contributed by atoms with Gasteiger partial charge in [0.1, 0.15) is 51.7 Å². The number of hydrogen-bond acceptors (Lipinski definition) is 9. The van der Waals surface area contributed by atoms with E-state index in [9.17, 15) is 0 Å². The summed E-state index contributed by atoms with van der Waals surface area (Å²) in [5.41, 5.74) is 0. The minimum Gasteiger partial charge on any atom is -0.409 e. The van der Waals surface area contributed by atoms with Gasteiger partial charge in [0.05, 0.1) is 0 Å². The average Bonchev–Trinajstić information content (AvgIpc) is 3.45. The molecule has 0 atom stereocenters. The van der Waals surface area contributed by atoms with Crippen molar-refractivity contribution in [3.8, 4) is 51.7 Å². The van der Waals surface area contributed by atoms with E-state index in [2.05, 4.69) is 20.0 Å². The van der Waals surface area contributed by atoms with E-state index in [1.54, 1.807) is 0 Å². The number of benzene rings is 9. The summed E-state index contributed by atoms with van der Waals surface area (Å²) in [6.45, 7) is 13.5. The molecule has 0 amide bonds. The summed E-state index contributed by atoms with van der Waals surface area (Å²) < 4.78 is 75.1. The Balaban J connectivity index is 0.000000273. The van der Waals surface area contributed by atoms with Crippen LogP contribution in [0, 0.1) is 20.0 Å². The zero-order valence-electron chi connectivity index (χ0n) is 38.6. The van der Waals surface area contributed by atoms with Gasteiger partial charge in [-0.05, 0) is 109 Å². The molecule has 0 heterocycles. The van der Waals surface area contributed by atoms with Crippen LogP contribution in [0.5, 0.6) is 51.7 Å². The number of para-hydroxylation sites is 9. The first-order chi connectivity index (χ1) is 35.7. The Labute approximate surface area is 440 Å². The first-order valence-electron chi connectivity index (χ1n) is 21.3. The van der Waals surface area contributed by atoms with E-state index in [1.165, 1.54) is 0 Å². The second-order valence-electron chi connectivity index (χ2n) is 13.3. The first-order valence-corrected chi connectivity index (χ1v) is 24.6. The molecular formula is C57H45CrO12P3. The van der Waals surface area contributed by atoms with Gasteiger partial charge in [0, 0.05) is 17.4 Å². The predicted octanol–water partition coefficient (Wildman–Crippen LogP) is 16.2. The van der Waals surface area contributed by atoms with E-state index in [4.69, 9.17) is 54.7 Å². The molecule has 0 bridgehead atoms. The maximum Gasteiger partial charge on any atom is 0.530 e. The number of hydrogen-bond donors (Lipinski definition) is 0. The zero-order valence-corrected chi connectivity index (χ0v) is 42.6. The maximum absolute atomic E-state index is 7.50. The van der Waals surface area contributed by atoms with Gasteiger partial charge in [0.2, 0.25) is 0 Å². The maximum atomic E-state index is 7.50. The normalized spacial score (nSPS) is 9.33. The van der Waals surface area contributed by atoms with Crippen molar-refractivity contribution in [2.75, 3.05) is 0 Å². The van der Waals surface area contributed by atoms with Crippen LogP contribution in [-0.2, 0) is 31.3 Å². The van der Waals surface area contributed by atoms with Gasteiger partial charge in [-0.3, -0.25) is 0 Å². The molecule has 9 aromatic carbocycles. The van der Waals surface area contributed by atoms with Crippen molar-refractivity contribution < 1.29 is 72.0 Å². The zero-order chi connectivity index (χ0) is 51.1. The van der Waals surface area contributed by atoms with Crippen molar-refractivity contribution in [3.05, 3.63) is 293 Å². The second-order valence-corrected chi connectivity index (χ2v) is 16.3. The number of rotatable bonds is 18. The fourth-order valence-corrected chi connectivity index (χ4v) is 8.25. The standard InChI is InChI=1S/3C18H15O3P.3CO.Cr/c3*1-4-10-16(11-5-1)19-22(20-17-12-6-2-7-13-17)21-18-14-8-3-9-15-18;3*1-2;/h3*1-15H;;;;. The molecule has 9 aromatic rings. The molecule has 0 radical (unpaired) electrons. The second kappa shape index (κ2) is 38.0. The van der Waals surface area contributed by atoms with Gasteiger partial charge in [-0.1, -0.05) is 164 Å². The molecule has 0 aliphatic carbocycles. The van der Waals surface area contributed by atoms with Crippen LogP contribution in [0.15, 0.2) is 273 Å². The summed E-state index contributed by atoms with van der Waals surface area (Å²) in [7, 11) is -4.77. The molecule has 0 aromatic heterocycles. The minimum atomic E-state index is -1.59. The summed E-state index contributed by atoms with van der Waals surface area (Å²) >= 11 is 0. The summed E-state index contributed by atoms with van der Waals surface area (Å²) in [5, 5.41) is 0. The predicted molar refractivity (Wildman–Crippen MR) is 276 cm³/mol. The van der Waals surface area contributed by atoms with Gasteiger partial charge in [-0.25, -0.2) is 0 Å². The van der Waals surface area contributed by atoms with Crippen LogP contribution in [0.2, 0.25) is 0 Å². The van der Waals surface area contributed by atoms with Gasteiger partial charge in [-0.2, -0.15) is 0 Å². The van der Waals surface area contributed by atoms with Crippen molar-refractivity contribution in [1.29, 1.82) is 0 Å². The molecule has 9 rings (SSSR count). The Kier molecular flexibility index (Phi) is 31.0. The van der Waals surface area contributed by atoms with Gasteiger partial charge in [0.15, 0.2) is 0 Å². The Morgan fingerprint density at radius 2 is 0.260 bits per heavy atom. The molecule has 73 heavy (non-hydrogen) atoms. The van der Waals surface area contributed by atoms with E-state index in [0.717, 1.165) is 0 Å². The first kappa shape index (κ1) is 59.5. The van der Waals surface area contributed by atoms with E-state index >= 15 is 0 Å². The third-order valence-corrected chi connectivity index (χ3v) is 11.5. The van der Waals surface area contributed by atoms with Crippen LogP contribution in [0.1, 0.15) is 0 Å². The van der Waals surface area contributed by atoms with Crippen LogP contribution in [0.25, 0.3) is 0 Å². The molecule has 0 fully saturated rings. The van der Waals surface area contributed by atoms with Crippen LogP contribution in [-0.4, -0.2) is 0 Å². The Hall–Kier alpha value is -7.78. The monoisotopic (exact) mass is 1070 g/mol. The van der Waals surface area contributed by atoms with E-state index in [-0.39, 0.29) is 17.4 Å². The molecule has 0 spiro atoms. The third-order valence-electron chi connectivity index (χ3n) is 8.31. The van der Waals surface area contributed by atoms with Gasteiger partial charge < -0.3 is 40.7 Å². The van der Waals surface area contributed by atoms with Crippen molar-refractivity contribution in [3.63, 3.8) is 0 Å². The van der Waals surface area contributed by atoms with Crippen molar-refractivity contribution in [2.24, 2.45) is 0 Å². The molecular weight excluding hydrogens is 1020 g/mol. The molecule has 366 valence electrons. The minimum absolute atomic E-state index is 0. The molecule has 12 nitrogen and oxygen atoms in total. The van der Waals surface area contributed by atoms with Crippen molar-refractivity contribution in [1.82, 2.24) is 0 Å². The molecule has 0 aliphatic heterocycles. The Bertz CT molecular complexity index is 2170. The molecule has 0 aliphatic rings. The largest absolute Gasteiger partial charge is 0.530 e. The van der Waals surface area contributed by atoms with Crippen LogP contribution in [0.4, 0.5) is 0 Å². The molecule has 0 unspecified atom stereocenters. The van der Waals surface area contributed by atoms with E-state index in [1.807, 2.05) is 273 Å². The van der Waals surface area contributed by atoms with E-state index < -0.39 is 25.8 Å². The Morgan fingerprint density at radius 3 is 0.342 bits per heavy atom. The fraction of sp³-hybridized carbons (Fsp3) is 0. The third kappa shape index (κ3) is 24.8. The summed E-state index contributed by atoms with van der Waals surface area (Å²) in [4.78, 5) is 0. The summed E-state index contributed by atoms with van der Waals surface area (Å²) in [6, 6.07) is 85.5. The Morgan fingerprint density at radius 1 is 0.178 bits per heavy atom. The molecule has 0 saturated carbocycles. The quantitative estimate of drug-likeness (QED) is 0.0466. The van der Waals surface area contributed by atoms with Gasteiger partial charge in [0.25, 0.3) is 0 Å². The van der Waals surface area contributed by atoms with Gasteiger partial charge >= 0.3 is 59.7 Å². The van der Waals surface area contributed by atoms with Crippen LogP contribution >= 0.6 is 25.8 Å². The fourth-order valence-electron chi connectivity index (χ4n) is 5.27. The SMILES string of the molecule is [C-]#[O+].[C-]#[O+].[C-]#[O+].[Cr].c1ccc(OP(Oc2ccccc2)Oc2ccccc2)cc1.c1ccc(OP(Oc2ccccc2)Oc2ccccc2)cc1.c1ccc(OP(Oc2ccccc2)Oc2ccccc2)cc1. The molecule has 0 saturated heterocycles. The topological polar surface area (TPSA) is 143 Å². The summed E-state index contributed by atoms with van der Waals surface area (Å²) in [5.74, 6) is 6.38. The smallest absolute Gasteiger partial charge is 0.409 e.